The monoisotopic (exact) mass is 210 g/mol. The zero-order valence-electron chi connectivity index (χ0n) is 9.59. The zero-order valence-corrected chi connectivity index (χ0v) is 9.59. The highest BCUT2D eigenvalue weighted by Gasteiger charge is 2.28. The third-order valence-electron chi connectivity index (χ3n) is 3.65. The zero-order chi connectivity index (χ0) is 10.7. The van der Waals surface area contributed by atoms with Gasteiger partial charge in [-0.05, 0) is 44.1 Å². The summed E-state index contributed by atoms with van der Waals surface area (Å²) in [6, 6.07) is 0.0742. The lowest BCUT2D eigenvalue weighted by Gasteiger charge is -2.23. The first-order chi connectivity index (χ1) is 7.27. The molecule has 3 heteroatoms. The maximum atomic E-state index is 11.8. The Bertz CT molecular complexity index is 220. The third-order valence-corrected chi connectivity index (χ3v) is 3.65. The van der Waals surface area contributed by atoms with E-state index in [1.54, 1.807) is 0 Å². The van der Waals surface area contributed by atoms with Crippen molar-refractivity contribution in [1.82, 2.24) is 10.6 Å². The smallest absolute Gasteiger partial charge is 0.237 e. The molecular weight excluding hydrogens is 188 g/mol. The molecule has 0 spiro atoms. The fourth-order valence-electron chi connectivity index (χ4n) is 2.29. The van der Waals surface area contributed by atoms with E-state index in [0.717, 1.165) is 25.4 Å². The van der Waals surface area contributed by atoms with Crippen LogP contribution in [-0.2, 0) is 4.79 Å². The summed E-state index contributed by atoms with van der Waals surface area (Å²) in [5, 5.41) is 6.35. The van der Waals surface area contributed by atoms with E-state index < -0.39 is 0 Å². The van der Waals surface area contributed by atoms with Crippen LogP contribution in [0.25, 0.3) is 0 Å². The summed E-state index contributed by atoms with van der Waals surface area (Å²) in [5.74, 6) is 1.75. The van der Waals surface area contributed by atoms with Gasteiger partial charge in [-0.25, -0.2) is 0 Å². The molecule has 1 heterocycles. The van der Waals surface area contributed by atoms with Crippen molar-refractivity contribution < 1.29 is 4.79 Å². The number of hydrogen-bond donors (Lipinski definition) is 2. The van der Waals surface area contributed by atoms with Gasteiger partial charge in [0.2, 0.25) is 5.91 Å². The molecule has 0 aromatic heterocycles. The quantitative estimate of drug-likeness (QED) is 0.734. The lowest BCUT2D eigenvalue weighted by Crippen LogP contribution is -2.47. The Morgan fingerprint density at radius 2 is 2.20 bits per heavy atom. The molecule has 1 aliphatic heterocycles. The van der Waals surface area contributed by atoms with E-state index in [-0.39, 0.29) is 11.9 Å². The average molecular weight is 210 g/mol. The van der Waals surface area contributed by atoms with Crippen LogP contribution >= 0.6 is 0 Å². The van der Waals surface area contributed by atoms with Crippen LogP contribution < -0.4 is 10.6 Å². The van der Waals surface area contributed by atoms with Crippen molar-refractivity contribution in [3.05, 3.63) is 0 Å². The minimum Gasteiger partial charge on any atom is -0.354 e. The Balaban J connectivity index is 1.66. The number of nitrogens with one attached hydrogen (secondary N) is 2. The van der Waals surface area contributed by atoms with Crippen molar-refractivity contribution >= 4 is 5.91 Å². The number of carbonyl (C=O) groups is 1. The number of amides is 1. The van der Waals surface area contributed by atoms with Gasteiger partial charge in [-0.3, -0.25) is 4.79 Å². The van der Waals surface area contributed by atoms with Crippen molar-refractivity contribution in [2.24, 2.45) is 11.8 Å². The molecule has 1 saturated heterocycles. The van der Waals surface area contributed by atoms with Gasteiger partial charge in [-0.15, -0.1) is 0 Å². The van der Waals surface area contributed by atoms with Crippen LogP contribution in [0.2, 0.25) is 0 Å². The molecule has 3 nitrogen and oxygen atoms in total. The normalized spacial score (nSPS) is 28.5. The molecule has 2 N–H and O–H groups in total. The Labute approximate surface area is 92.0 Å². The molecule has 0 aromatic carbocycles. The minimum absolute atomic E-state index is 0.0742. The molecule has 1 saturated carbocycles. The van der Waals surface area contributed by atoms with Gasteiger partial charge in [0, 0.05) is 6.54 Å². The van der Waals surface area contributed by atoms with Gasteiger partial charge in [0.05, 0.1) is 6.04 Å². The molecule has 1 aliphatic carbocycles. The van der Waals surface area contributed by atoms with Gasteiger partial charge >= 0.3 is 0 Å². The van der Waals surface area contributed by atoms with Crippen LogP contribution in [0.15, 0.2) is 0 Å². The predicted molar refractivity (Wildman–Crippen MR) is 60.5 cm³/mol. The number of carbonyl (C=O) groups excluding carboxylic acids is 1. The van der Waals surface area contributed by atoms with E-state index in [1.807, 2.05) is 0 Å². The molecule has 1 amide bonds. The van der Waals surface area contributed by atoms with E-state index in [1.165, 1.54) is 25.7 Å². The lowest BCUT2D eigenvalue weighted by atomic mass is 10.0. The fraction of sp³-hybridized carbons (Fsp3) is 0.917. The minimum atomic E-state index is 0.0742. The summed E-state index contributed by atoms with van der Waals surface area (Å²) in [6.07, 6.45) is 6.12. The van der Waals surface area contributed by atoms with Crippen molar-refractivity contribution in [2.75, 3.05) is 13.1 Å². The maximum absolute atomic E-state index is 11.8. The van der Waals surface area contributed by atoms with E-state index in [4.69, 9.17) is 0 Å². The lowest BCUT2D eigenvalue weighted by molar-refractivity contribution is -0.123. The molecule has 86 valence electrons. The topological polar surface area (TPSA) is 41.1 Å². The van der Waals surface area contributed by atoms with E-state index in [2.05, 4.69) is 17.6 Å². The first-order valence-electron chi connectivity index (χ1n) is 6.28. The van der Waals surface area contributed by atoms with E-state index in [9.17, 15) is 4.79 Å². The Morgan fingerprint density at radius 3 is 2.80 bits per heavy atom. The fourth-order valence-corrected chi connectivity index (χ4v) is 2.29. The summed E-state index contributed by atoms with van der Waals surface area (Å²) < 4.78 is 0. The molecule has 0 bridgehead atoms. The number of rotatable bonds is 4. The van der Waals surface area contributed by atoms with Gasteiger partial charge in [0.1, 0.15) is 0 Å². The van der Waals surface area contributed by atoms with Gasteiger partial charge in [0.25, 0.3) is 0 Å². The van der Waals surface area contributed by atoms with Crippen LogP contribution in [0.5, 0.6) is 0 Å². The van der Waals surface area contributed by atoms with E-state index >= 15 is 0 Å². The predicted octanol–water partition coefficient (Wildman–Crippen LogP) is 1.29. The largest absolute Gasteiger partial charge is 0.354 e. The van der Waals surface area contributed by atoms with Crippen molar-refractivity contribution in [3.8, 4) is 0 Å². The van der Waals surface area contributed by atoms with E-state index in [0.29, 0.717) is 5.92 Å². The van der Waals surface area contributed by atoms with Crippen molar-refractivity contribution in [1.29, 1.82) is 0 Å². The van der Waals surface area contributed by atoms with Gasteiger partial charge in [0.15, 0.2) is 0 Å². The first-order valence-corrected chi connectivity index (χ1v) is 6.28. The SMILES string of the molecule is CC(CNC(=O)[C@@H]1CCCCN1)C1CC1. The number of hydrogen-bond acceptors (Lipinski definition) is 2. The summed E-state index contributed by atoms with van der Waals surface area (Å²) >= 11 is 0. The second-order valence-corrected chi connectivity index (χ2v) is 5.06. The van der Waals surface area contributed by atoms with Gasteiger partial charge in [-0.1, -0.05) is 13.3 Å². The maximum Gasteiger partial charge on any atom is 0.237 e. The van der Waals surface area contributed by atoms with Crippen LogP contribution in [-0.4, -0.2) is 25.0 Å². The Kier molecular flexibility index (Phi) is 3.62. The standard InChI is InChI=1S/C12H22N2O/c1-9(10-5-6-10)8-14-12(15)11-4-2-3-7-13-11/h9-11,13H,2-8H2,1H3,(H,14,15)/t9?,11-/m0/s1. The second-order valence-electron chi connectivity index (χ2n) is 5.06. The summed E-state index contributed by atoms with van der Waals surface area (Å²) in [5.41, 5.74) is 0. The van der Waals surface area contributed by atoms with Crippen LogP contribution in [0.1, 0.15) is 39.0 Å². The summed E-state index contributed by atoms with van der Waals surface area (Å²) in [7, 11) is 0. The summed E-state index contributed by atoms with van der Waals surface area (Å²) in [6.45, 7) is 4.10. The van der Waals surface area contributed by atoms with Crippen molar-refractivity contribution in [2.45, 2.75) is 45.1 Å². The van der Waals surface area contributed by atoms with Crippen LogP contribution in [0, 0.1) is 11.8 Å². The Morgan fingerprint density at radius 1 is 1.40 bits per heavy atom. The molecule has 0 aromatic rings. The average Bonchev–Trinajstić information content (AvgIpc) is 3.10. The van der Waals surface area contributed by atoms with Gasteiger partial charge in [-0.2, -0.15) is 0 Å². The molecule has 15 heavy (non-hydrogen) atoms. The van der Waals surface area contributed by atoms with Gasteiger partial charge < -0.3 is 10.6 Å². The molecule has 2 atom stereocenters. The molecular formula is C12H22N2O. The molecule has 2 fully saturated rings. The third kappa shape index (κ3) is 3.20. The molecule has 2 rings (SSSR count). The highest BCUT2D eigenvalue weighted by Crippen LogP contribution is 2.36. The first kappa shape index (κ1) is 10.9. The molecule has 0 radical (unpaired) electrons. The second kappa shape index (κ2) is 4.97. The van der Waals surface area contributed by atoms with Crippen LogP contribution in [0.3, 0.4) is 0 Å². The number of piperidine rings is 1. The Hall–Kier alpha value is -0.570. The highest BCUT2D eigenvalue weighted by molar-refractivity contribution is 5.81. The molecule has 2 aliphatic rings. The summed E-state index contributed by atoms with van der Waals surface area (Å²) in [4.78, 5) is 11.8. The van der Waals surface area contributed by atoms with Crippen molar-refractivity contribution in [3.63, 3.8) is 0 Å². The highest BCUT2D eigenvalue weighted by atomic mass is 16.2. The molecule has 1 unspecified atom stereocenters. The van der Waals surface area contributed by atoms with Crippen LogP contribution in [0.4, 0.5) is 0 Å².